The maximum Gasteiger partial charge on any atom is 0.295 e. The van der Waals surface area contributed by atoms with Gasteiger partial charge in [-0.05, 0) is 36.2 Å². The molecule has 0 radical (unpaired) electrons. The first-order valence-corrected chi connectivity index (χ1v) is 11.2. The van der Waals surface area contributed by atoms with Crippen LogP contribution in [0.25, 0.3) is 5.76 Å². The van der Waals surface area contributed by atoms with Crippen LogP contribution < -0.4 is 4.74 Å². The average Bonchev–Trinajstić information content (AvgIpc) is 3.10. The molecule has 4 rings (SSSR count). The number of halogens is 1. The van der Waals surface area contributed by atoms with Gasteiger partial charge in [0.15, 0.2) is 0 Å². The van der Waals surface area contributed by atoms with E-state index in [1.54, 1.807) is 54.9 Å². The van der Waals surface area contributed by atoms with Crippen LogP contribution in [0, 0.1) is 5.82 Å². The van der Waals surface area contributed by atoms with E-state index in [9.17, 15) is 19.1 Å². The Bertz CT molecular complexity index is 1230. The molecule has 1 fully saturated rings. The minimum Gasteiger partial charge on any atom is -0.507 e. The molecule has 6 nitrogen and oxygen atoms in total. The van der Waals surface area contributed by atoms with Gasteiger partial charge in [-0.15, -0.1) is 0 Å². The third-order valence-corrected chi connectivity index (χ3v) is 5.69. The molecule has 0 spiro atoms. The van der Waals surface area contributed by atoms with Crippen molar-refractivity contribution in [3.63, 3.8) is 0 Å². The molecule has 0 saturated carbocycles. The first kappa shape index (κ1) is 23.2. The Kier molecular flexibility index (Phi) is 7.01. The van der Waals surface area contributed by atoms with Gasteiger partial charge in [0.2, 0.25) is 0 Å². The number of aromatic nitrogens is 1. The molecular weight excluding hydrogens is 435 g/mol. The Morgan fingerprint density at radius 2 is 1.94 bits per heavy atom. The van der Waals surface area contributed by atoms with E-state index in [2.05, 4.69) is 11.9 Å². The minimum absolute atomic E-state index is 0.0361. The molecule has 1 saturated heterocycles. The highest BCUT2D eigenvalue weighted by Crippen LogP contribution is 2.41. The third kappa shape index (κ3) is 4.69. The zero-order chi connectivity index (χ0) is 24.1. The van der Waals surface area contributed by atoms with Crippen molar-refractivity contribution in [1.82, 2.24) is 9.88 Å². The summed E-state index contributed by atoms with van der Waals surface area (Å²) in [5.41, 5.74) is 0.957. The number of nitrogens with zero attached hydrogens (tertiary/aromatic N) is 2. The zero-order valence-corrected chi connectivity index (χ0v) is 18.8. The maximum atomic E-state index is 14.9. The zero-order valence-electron chi connectivity index (χ0n) is 18.8. The van der Waals surface area contributed by atoms with Crippen molar-refractivity contribution in [3.8, 4) is 5.75 Å². The molecule has 1 aliphatic rings. The summed E-state index contributed by atoms with van der Waals surface area (Å²) in [6, 6.07) is 15.0. The fourth-order valence-electron chi connectivity index (χ4n) is 3.97. The van der Waals surface area contributed by atoms with Crippen LogP contribution in [0.5, 0.6) is 5.75 Å². The number of hydrogen-bond donors (Lipinski definition) is 1. The Hall–Kier alpha value is -4.00. The molecule has 1 N–H and O–H groups in total. The van der Waals surface area contributed by atoms with Gasteiger partial charge in [-0.25, -0.2) is 4.39 Å². The number of Topliss-reactive ketones (excluding diaryl/α,β-unsaturated/α-hetero) is 1. The fourth-order valence-corrected chi connectivity index (χ4v) is 3.97. The largest absolute Gasteiger partial charge is 0.507 e. The van der Waals surface area contributed by atoms with E-state index in [1.165, 1.54) is 23.1 Å². The number of unbranched alkanes of at least 4 members (excludes halogenated alkanes) is 1. The molecule has 34 heavy (non-hydrogen) atoms. The maximum absolute atomic E-state index is 14.9. The summed E-state index contributed by atoms with van der Waals surface area (Å²) in [5.74, 6) is -2.10. The number of benzene rings is 2. The van der Waals surface area contributed by atoms with Gasteiger partial charge in [0.25, 0.3) is 11.7 Å². The molecule has 7 heteroatoms. The normalized spacial score (nSPS) is 17.2. The van der Waals surface area contributed by atoms with Gasteiger partial charge in [0, 0.05) is 30.1 Å². The number of carbonyl (C=O) groups excluding carboxylic acids is 2. The smallest absolute Gasteiger partial charge is 0.295 e. The monoisotopic (exact) mass is 460 g/mol. The van der Waals surface area contributed by atoms with Crippen molar-refractivity contribution in [2.45, 2.75) is 32.4 Å². The molecule has 1 unspecified atom stereocenters. The van der Waals surface area contributed by atoms with Crippen LogP contribution in [-0.2, 0) is 16.1 Å². The van der Waals surface area contributed by atoms with E-state index in [1.807, 2.05) is 0 Å². The first-order valence-electron chi connectivity index (χ1n) is 11.2. The molecule has 3 aromatic rings. The van der Waals surface area contributed by atoms with Gasteiger partial charge in [-0.1, -0.05) is 49.7 Å². The number of pyridine rings is 1. The van der Waals surface area contributed by atoms with Crippen molar-refractivity contribution >= 4 is 17.4 Å². The first-order chi connectivity index (χ1) is 16.5. The number of likely N-dealkylation sites (tertiary alicyclic amines) is 1. The highest BCUT2D eigenvalue weighted by atomic mass is 19.1. The summed E-state index contributed by atoms with van der Waals surface area (Å²) in [6.45, 7) is 2.61. The lowest BCUT2D eigenvalue weighted by Crippen LogP contribution is -2.29. The summed E-state index contributed by atoms with van der Waals surface area (Å²) >= 11 is 0. The summed E-state index contributed by atoms with van der Waals surface area (Å²) in [5, 5.41) is 11.2. The molecule has 2 heterocycles. The van der Waals surface area contributed by atoms with Crippen LogP contribution in [0.1, 0.15) is 42.5 Å². The van der Waals surface area contributed by atoms with Crippen LogP contribution in [0.15, 0.2) is 78.6 Å². The van der Waals surface area contributed by atoms with Gasteiger partial charge < -0.3 is 14.7 Å². The molecule has 2 aromatic carbocycles. The highest BCUT2D eigenvalue weighted by molar-refractivity contribution is 6.46. The number of amides is 1. The predicted molar refractivity (Wildman–Crippen MR) is 125 cm³/mol. The van der Waals surface area contributed by atoms with E-state index in [4.69, 9.17) is 4.74 Å². The van der Waals surface area contributed by atoms with Gasteiger partial charge in [0.1, 0.15) is 17.3 Å². The molecule has 0 aliphatic carbocycles. The predicted octanol–water partition coefficient (Wildman–Crippen LogP) is 5.02. The molecule has 174 valence electrons. The SMILES string of the molecule is CCCCOc1cccc(C(O)=C2C(=O)C(=O)N(Cc3cccnc3)C2c2ccccc2F)c1. The Labute approximate surface area is 197 Å². The molecule has 1 amide bonds. The van der Waals surface area contributed by atoms with E-state index >= 15 is 0 Å². The standard InChI is InChI=1S/C27H25FN2O4/c1-2-3-14-34-20-10-6-9-19(15-20)25(31)23-24(21-11-4-5-12-22(21)28)30(27(33)26(23)32)17-18-8-7-13-29-16-18/h4-13,15-16,24,31H,2-3,14,17H2,1H3. The average molecular weight is 461 g/mol. The highest BCUT2D eigenvalue weighted by Gasteiger charge is 2.47. The van der Waals surface area contributed by atoms with Crippen molar-refractivity contribution < 1.29 is 23.8 Å². The Morgan fingerprint density at radius 1 is 1.12 bits per heavy atom. The van der Waals surface area contributed by atoms with Crippen molar-refractivity contribution in [2.24, 2.45) is 0 Å². The van der Waals surface area contributed by atoms with E-state index < -0.39 is 23.5 Å². The number of carbonyl (C=O) groups is 2. The van der Waals surface area contributed by atoms with Gasteiger partial charge >= 0.3 is 0 Å². The lowest BCUT2D eigenvalue weighted by atomic mass is 9.94. The van der Waals surface area contributed by atoms with E-state index in [0.717, 1.165) is 12.8 Å². The van der Waals surface area contributed by atoms with Gasteiger partial charge in [-0.3, -0.25) is 14.6 Å². The van der Waals surface area contributed by atoms with Crippen LogP contribution >= 0.6 is 0 Å². The number of ether oxygens (including phenoxy) is 1. The third-order valence-electron chi connectivity index (χ3n) is 5.69. The van der Waals surface area contributed by atoms with Crippen LogP contribution in [0.2, 0.25) is 0 Å². The van der Waals surface area contributed by atoms with Crippen LogP contribution in [0.4, 0.5) is 4.39 Å². The summed E-state index contributed by atoms with van der Waals surface area (Å²) in [7, 11) is 0. The molecule has 1 aliphatic heterocycles. The summed E-state index contributed by atoms with van der Waals surface area (Å²) in [4.78, 5) is 31.5. The lowest BCUT2D eigenvalue weighted by Gasteiger charge is -2.25. The van der Waals surface area contributed by atoms with E-state index in [-0.39, 0.29) is 23.4 Å². The van der Waals surface area contributed by atoms with Crippen LogP contribution in [-0.4, -0.2) is 33.3 Å². The van der Waals surface area contributed by atoms with Gasteiger partial charge in [0.05, 0.1) is 18.2 Å². The Balaban J connectivity index is 1.80. The number of rotatable bonds is 8. The van der Waals surface area contributed by atoms with Crippen molar-refractivity contribution in [2.75, 3.05) is 6.61 Å². The van der Waals surface area contributed by atoms with Crippen LogP contribution in [0.3, 0.4) is 0 Å². The van der Waals surface area contributed by atoms with Gasteiger partial charge in [-0.2, -0.15) is 0 Å². The summed E-state index contributed by atoms with van der Waals surface area (Å²) in [6.07, 6.45) is 5.03. The topological polar surface area (TPSA) is 79.7 Å². The second kappa shape index (κ2) is 10.3. The van der Waals surface area contributed by atoms with E-state index in [0.29, 0.717) is 23.5 Å². The second-order valence-corrected chi connectivity index (χ2v) is 8.04. The Morgan fingerprint density at radius 3 is 2.68 bits per heavy atom. The number of ketones is 1. The number of aliphatic hydroxyl groups excluding tert-OH is 1. The fraction of sp³-hybridized carbons (Fsp3) is 0.222. The molecule has 1 atom stereocenters. The number of hydrogen-bond acceptors (Lipinski definition) is 5. The van der Waals surface area contributed by atoms with Crippen molar-refractivity contribution in [3.05, 3.63) is 101 Å². The lowest BCUT2D eigenvalue weighted by molar-refractivity contribution is -0.140. The second-order valence-electron chi connectivity index (χ2n) is 8.04. The van der Waals surface area contributed by atoms with Crippen molar-refractivity contribution in [1.29, 1.82) is 0 Å². The molecular formula is C27H25FN2O4. The molecule has 1 aromatic heterocycles. The molecule has 0 bridgehead atoms. The quantitative estimate of drug-likeness (QED) is 0.221. The summed E-state index contributed by atoms with van der Waals surface area (Å²) < 4.78 is 20.6. The number of aliphatic hydroxyl groups is 1. The minimum atomic E-state index is -1.09.